The van der Waals surface area contributed by atoms with Gasteiger partial charge >= 0.3 is 0 Å². The van der Waals surface area contributed by atoms with Gasteiger partial charge in [0.1, 0.15) is 0 Å². The van der Waals surface area contributed by atoms with Crippen LogP contribution in [0, 0.1) is 0 Å². The van der Waals surface area contributed by atoms with Crippen LogP contribution in [-0.2, 0) is 11.3 Å². The Labute approximate surface area is 147 Å². The van der Waals surface area contributed by atoms with Crippen LogP contribution in [0.2, 0.25) is 5.02 Å². The lowest BCUT2D eigenvalue weighted by Crippen LogP contribution is -2.24. The normalized spacial score (nSPS) is 10.7. The van der Waals surface area contributed by atoms with Crippen molar-refractivity contribution in [2.75, 3.05) is 21.3 Å². The number of ether oxygens (including phenoxy) is 2. The van der Waals surface area contributed by atoms with E-state index in [1.54, 1.807) is 37.3 Å². The van der Waals surface area contributed by atoms with E-state index >= 15 is 0 Å². The molecule has 0 saturated carbocycles. The summed E-state index contributed by atoms with van der Waals surface area (Å²) < 4.78 is 10.4. The summed E-state index contributed by atoms with van der Waals surface area (Å²) in [6.45, 7) is 0.552. The number of hydrogen-bond acceptors (Lipinski definition) is 3. The fraction of sp³-hybridized carbons (Fsp3) is 0.211. The smallest absolute Gasteiger partial charge is 0.246 e. The summed E-state index contributed by atoms with van der Waals surface area (Å²) >= 11 is 6.16. The first-order chi connectivity index (χ1) is 11.5. The Morgan fingerprint density at radius 3 is 2.50 bits per heavy atom. The van der Waals surface area contributed by atoms with Crippen LogP contribution in [0.3, 0.4) is 0 Å². The lowest BCUT2D eigenvalue weighted by molar-refractivity contribution is -0.125. The van der Waals surface area contributed by atoms with Crippen molar-refractivity contribution in [2.24, 2.45) is 0 Å². The van der Waals surface area contributed by atoms with Crippen LogP contribution in [0.5, 0.6) is 11.5 Å². The highest BCUT2D eigenvalue weighted by molar-refractivity contribution is 6.32. The minimum atomic E-state index is -0.0928. The van der Waals surface area contributed by atoms with E-state index in [4.69, 9.17) is 21.1 Å². The summed E-state index contributed by atoms with van der Waals surface area (Å²) in [5.41, 5.74) is 1.84. The second-order valence-electron chi connectivity index (χ2n) is 5.25. The molecule has 0 aromatic heterocycles. The maximum absolute atomic E-state index is 12.2. The molecule has 0 aliphatic carbocycles. The van der Waals surface area contributed by atoms with Gasteiger partial charge in [-0.15, -0.1) is 0 Å². The number of methoxy groups -OCH3 is 2. The van der Waals surface area contributed by atoms with Crippen molar-refractivity contribution in [1.29, 1.82) is 0 Å². The molecule has 0 bridgehead atoms. The zero-order valence-electron chi connectivity index (χ0n) is 14.0. The van der Waals surface area contributed by atoms with Crippen molar-refractivity contribution in [3.05, 3.63) is 64.7 Å². The lowest BCUT2D eigenvalue weighted by Gasteiger charge is -2.15. The summed E-state index contributed by atoms with van der Waals surface area (Å²) in [6, 6.07) is 13.3. The average Bonchev–Trinajstić information content (AvgIpc) is 2.59. The Balaban J connectivity index is 2.09. The molecular weight excluding hydrogens is 326 g/mol. The molecule has 0 aliphatic heterocycles. The molecule has 0 spiro atoms. The molecule has 0 heterocycles. The molecule has 0 fully saturated rings. The molecule has 0 unspecified atom stereocenters. The summed E-state index contributed by atoms with van der Waals surface area (Å²) in [6.07, 6.45) is 3.22. The van der Waals surface area contributed by atoms with E-state index in [0.717, 1.165) is 11.1 Å². The molecule has 2 rings (SSSR count). The number of rotatable bonds is 6. The topological polar surface area (TPSA) is 38.8 Å². The Bertz CT molecular complexity index is 729. The van der Waals surface area contributed by atoms with Crippen LogP contribution in [0.1, 0.15) is 11.1 Å². The summed E-state index contributed by atoms with van der Waals surface area (Å²) in [4.78, 5) is 13.9. The fourth-order valence-corrected chi connectivity index (χ4v) is 2.56. The predicted octanol–water partition coefficient (Wildman–Crippen LogP) is 4.03. The Morgan fingerprint density at radius 1 is 1.17 bits per heavy atom. The SMILES string of the molecule is COc1cc(/C=C/C(=O)N(C)Cc2ccccc2)cc(Cl)c1OC. The lowest BCUT2D eigenvalue weighted by atomic mass is 10.1. The molecule has 1 amide bonds. The van der Waals surface area contributed by atoms with Gasteiger partial charge in [0.15, 0.2) is 11.5 Å². The van der Waals surface area contributed by atoms with E-state index < -0.39 is 0 Å². The number of benzene rings is 2. The second-order valence-corrected chi connectivity index (χ2v) is 5.66. The van der Waals surface area contributed by atoms with Crippen LogP contribution in [-0.4, -0.2) is 32.1 Å². The Kier molecular flexibility index (Phi) is 6.27. The van der Waals surface area contributed by atoms with Gasteiger partial charge in [0.05, 0.1) is 19.2 Å². The van der Waals surface area contributed by atoms with Crippen molar-refractivity contribution in [2.45, 2.75) is 6.54 Å². The predicted molar refractivity (Wildman–Crippen MR) is 96.5 cm³/mol. The van der Waals surface area contributed by atoms with Gasteiger partial charge in [-0.1, -0.05) is 41.9 Å². The molecule has 24 heavy (non-hydrogen) atoms. The first-order valence-electron chi connectivity index (χ1n) is 7.43. The molecule has 4 nitrogen and oxygen atoms in total. The van der Waals surface area contributed by atoms with Gasteiger partial charge < -0.3 is 14.4 Å². The van der Waals surface area contributed by atoms with Gasteiger partial charge in [0.25, 0.3) is 0 Å². The minimum Gasteiger partial charge on any atom is -0.493 e. The fourth-order valence-electron chi connectivity index (χ4n) is 2.26. The van der Waals surface area contributed by atoms with Gasteiger partial charge in [-0.3, -0.25) is 4.79 Å². The maximum Gasteiger partial charge on any atom is 0.246 e. The number of amides is 1. The summed E-state index contributed by atoms with van der Waals surface area (Å²) in [5.74, 6) is 0.906. The van der Waals surface area contributed by atoms with E-state index in [0.29, 0.717) is 23.1 Å². The van der Waals surface area contributed by atoms with Gasteiger partial charge in [-0.05, 0) is 29.3 Å². The highest BCUT2D eigenvalue weighted by Gasteiger charge is 2.10. The van der Waals surface area contributed by atoms with E-state index in [1.807, 2.05) is 30.3 Å². The third kappa shape index (κ3) is 4.52. The van der Waals surface area contributed by atoms with Gasteiger partial charge in [0.2, 0.25) is 5.91 Å². The third-order valence-corrected chi connectivity index (χ3v) is 3.79. The number of likely N-dealkylation sites (N-methyl/N-ethyl adjacent to an activating group) is 1. The molecular formula is C19H20ClNO3. The van der Waals surface area contributed by atoms with Crippen LogP contribution >= 0.6 is 11.6 Å². The molecule has 0 aliphatic rings. The van der Waals surface area contributed by atoms with E-state index in [9.17, 15) is 4.79 Å². The molecule has 126 valence electrons. The number of nitrogens with zero attached hydrogens (tertiary/aromatic N) is 1. The van der Waals surface area contributed by atoms with Crippen LogP contribution in [0.15, 0.2) is 48.5 Å². The monoisotopic (exact) mass is 345 g/mol. The zero-order valence-corrected chi connectivity index (χ0v) is 14.7. The maximum atomic E-state index is 12.2. The summed E-state index contributed by atoms with van der Waals surface area (Å²) in [7, 11) is 4.84. The van der Waals surface area contributed by atoms with Crippen LogP contribution < -0.4 is 9.47 Å². The largest absolute Gasteiger partial charge is 0.493 e. The van der Waals surface area contributed by atoms with Gasteiger partial charge in [-0.25, -0.2) is 0 Å². The minimum absolute atomic E-state index is 0.0928. The van der Waals surface area contributed by atoms with Gasteiger partial charge in [0, 0.05) is 19.7 Å². The first-order valence-corrected chi connectivity index (χ1v) is 7.81. The van der Waals surface area contributed by atoms with Crippen LogP contribution in [0.25, 0.3) is 6.08 Å². The van der Waals surface area contributed by atoms with E-state index in [2.05, 4.69) is 0 Å². The molecule has 0 radical (unpaired) electrons. The summed E-state index contributed by atoms with van der Waals surface area (Å²) in [5, 5.41) is 0.432. The zero-order chi connectivity index (χ0) is 17.5. The van der Waals surface area contributed by atoms with Crippen LogP contribution in [0.4, 0.5) is 0 Å². The molecule has 5 heteroatoms. The first kappa shape index (κ1) is 17.9. The highest BCUT2D eigenvalue weighted by atomic mass is 35.5. The third-order valence-electron chi connectivity index (χ3n) is 3.51. The molecule has 0 saturated heterocycles. The Hall–Kier alpha value is -2.46. The number of hydrogen-bond donors (Lipinski definition) is 0. The number of carbonyl (C=O) groups excluding carboxylic acids is 1. The van der Waals surface area contributed by atoms with E-state index in [-0.39, 0.29) is 5.91 Å². The quantitative estimate of drug-likeness (QED) is 0.742. The van der Waals surface area contributed by atoms with E-state index in [1.165, 1.54) is 13.2 Å². The van der Waals surface area contributed by atoms with Crippen molar-refractivity contribution >= 4 is 23.6 Å². The molecule has 0 N–H and O–H groups in total. The average molecular weight is 346 g/mol. The molecule has 2 aromatic rings. The van der Waals surface area contributed by atoms with Gasteiger partial charge in [-0.2, -0.15) is 0 Å². The van der Waals surface area contributed by atoms with Crippen molar-refractivity contribution < 1.29 is 14.3 Å². The highest BCUT2D eigenvalue weighted by Crippen LogP contribution is 2.36. The number of halogens is 1. The van der Waals surface area contributed by atoms with Crippen molar-refractivity contribution in [3.63, 3.8) is 0 Å². The second kappa shape index (κ2) is 8.41. The molecule has 2 aromatic carbocycles. The van der Waals surface area contributed by atoms with Crippen molar-refractivity contribution in [1.82, 2.24) is 4.90 Å². The molecule has 0 atom stereocenters. The number of carbonyl (C=O) groups is 1. The standard InChI is InChI=1S/C19H20ClNO3/c1-21(13-14-7-5-4-6-8-14)18(22)10-9-15-11-16(20)19(24-3)17(12-15)23-2/h4-12H,13H2,1-3H3/b10-9+. The van der Waals surface area contributed by atoms with Crippen molar-refractivity contribution in [3.8, 4) is 11.5 Å². The Morgan fingerprint density at radius 2 is 1.88 bits per heavy atom.